The molecule has 8 nitrogen and oxygen atoms in total. The van der Waals surface area contributed by atoms with Crippen LogP contribution in [-0.4, -0.2) is 17.6 Å². The Hall–Kier alpha value is -5.26. The number of nitrogens with two attached hydrogens (primary N) is 1. The van der Waals surface area contributed by atoms with E-state index in [-0.39, 0.29) is 17.6 Å². The second kappa shape index (κ2) is 13.5. The van der Waals surface area contributed by atoms with Crippen LogP contribution in [-0.2, 0) is 31.0 Å². The van der Waals surface area contributed by atoms with E-state index in [1.165, 1.54) is 0 Å². The average molecular weight is 532 g/mol. The van der Waals surface area contributed by atoms with Gasteiger partial charge in [0, 0.05) is 29.8 Å². The van der Waals surface area contributed by atoms with Crippen molar-refractivity contribution < 1.29 is 14.3 Å². The summed E-state index contributed by atoms with van der Waals surface area (Å²) in [6, 6.07) is 30.9. The van der Waals surface area contributed by atoms with E-state index in [4.69, 9.17) is 21.1 Å². The Balaban J connectivity index is 1.17. The summed E-state index contributed by atoms with van der Waals surface area (Å²) in [5.41, 5.74) is 11.6. The number of carbonyl (C=O) groups excluding carboxylic acids is 2. The molecule has 4 aromatic rings. The topological polar surface area (TPSA) is 141 Å². The number of hydrogen-bond acceptors (Lipinski definition) is 5. The Morgan fingerprint density at radius 2 is 1.02 bits per heavy atom. The van der Waals surface area contributed by atoms with Crippen LogP contribution >= 0.6 is 0 Å². The predicted octanol–water partition coefficient (Wildman–Crippen LogP) is 4.42. The van der Waals surface area contributed by atoms with Crippen molar-refractivity contribution in [2.24, 2.45) is 5.73 Å². The van der Waals surface area contributed by atoms with E-state index in [0.717, 1.165) is 22.3 Å². The van der Waals surface area contributed by atoms with Gasteiger partial charge in [0.15, 0.2) is 0 Å². The van der Waals surface area contributed by atoms with Crippen molar-refractivity contribution in [1.82, 2.24) is 10.6 Å². The second-order valence-electron chi connectivity index (χ2n) is 9.17. The molecule has 0 atom stereocenters. The lowest BCUT2D eigenvalue weighted by Gasteiger charge is -2.09. The number of amidine groups is 1. The first kappa shape index (κ1) is 27.8. The van der Waals surface area contributed by atoms with E-state index in [9.17, 15) is 9.59 Å². The lowest BCUT2D eigenvalue weighted by Crippen LogP contribution is -2.23. The highest BCUT2D eigenvalue weighted by Crippen LogP contribution is 2.11. The van der Waals surface area contributed by atoms with E-state index in [1.807, 2.05) is 54.6 Å². The van der Waals surface area contributed by atoms with Crippen molar-refractivity contribution in [3.05, 3.63) is 142 Å². The summed E-state index contributed by atoms with van der Waals surface area (Å²) in [6.07, 6.45) is 0. The molecule has 4 aromatic carbocycles. The van der Waals surface area contributed by atoms with Gasteiger partial charge >= 0.3 is 0 Å². The molecule has 0 aliphatic heterocycles. The number of nitrogens with one attached hydrogen (secondary N) is 3. The van der Waals surface area contributed by atoms with E-state index in [2.05, 4.69) is 10.6 Å². The van der Waals surface area contributed by atoms with Gasteiger partial charge in [0.05, 0.1) is 24.8 Å². The molecule has 0 bridgehead atoms. The van der Waals surface area contributed by atoms with Crippen molar-refractivity contribution in [2.75, 3.05) is 0 Å². The molecule has 0 spiro atoms. The lowest BCUT2D eigenvalue weighted by atomic mass is 10.1. The van der Waals surface area contributed by atoms with E-state index >= 15 is 0 Å². The Bertz CT molecular complexity index is 1510. The predicted molar refractivity (Wildman–Crippen MR) is 152 cm³/mol. The van der Waals surface area contributed by atoms with Gasteiger partial charge in [0.25, 0.3) is 11.8 Å². The van der Waals surface area contributed by atoms with Crippen LogP contribution in [0.4, 0.5) is 0 Å². The van der Waals surface area contributed by atoms with Gasteiger partial charge in [-0.1, -0.05) is 60.7 Å². The van der Waals surface area contributed by atoms with Crippen LogP contribution < -0.4 is 16.4 Å². The zero-order valence-corrected chi connectivity index (χ0v) is 21.8. The number of nitriles is 1. The van der Waals surface area contributed by atoms with Crippen molar-refractivity contribution in [2.45, 2.75) is 26.3 Å². The van der Waals surface area contributed by atoms with Crippen molar-refractivity contribution in [1.29, 1.82) is 10.7 Å². The molecular formula is C32H29N5O3. The third kappa shape index (κ3) is 7.87. The smallest absolute Gasteiger partial charge is 0.251 e. The molecule has 0 aliphatic rings. The van der Waals surface area contributed by atoms with Crippen molar-refractivity contribution in [3.8, 4) is 6.07 Å². The van der Waals surface area contributed by atoms with Crippen molar-refractivity contribution in [3.63, 3.8) is 0 Å². The number of rotatable bonds is 11. The van der Waals surface area contributed by atoms with Crippen LogP contribution in [0.15, 0.2) is 97.1 Å². The van der Waals surface area contributed by atoms with Gasteiger partial charge in [-0.15, -0.1) is 0 Å². The molecule has 5 N–H and O–H groups in total. The van der Waals surface area contributed by atoms with Crippen LogP contribution in [0.3, 0.4) is 0 Å². The van der Waals surface area contributed by atoms with E-state index in [1.54, 1.807) is 48.5 Å². The lowest BCUT2D eigenvalue weighted by molar-refractivity contribution is 0.0943. The van der Waals surface area contributed by atoms with Gasteiger partial charge in [-0.2, -0.15) is 5.26 Å². The minimum atomic E-state index is -0.192. The van der Waals surface area contributed by atoms with Gasteiger partial charge in [0.1, 0.15) is 5.84 Å². The fourth-order valence-electron chi connectivity index (χ4n) is 3.86. The van der Waals surface area contributed by atoms with Crippen LogP contribution in [0.25, 0.3) is 0 Å². The number of nitrogen functional groups attached to an aromatic ring is 1. The first-order valence-electron chi connectivity index (χ1n) is 12.7. The molecule has 4 rings (SSSR count). The maximum absolute atomic E-state index is 12.4. The molecule has 200 valence electrons. The summed E-state index contributed by atoms with van der Waals surface area (Å²) in [5, 5.41) is 22.1. The maximum atomic E-state index is 12.4. The number of hydrogen-bond donors (Lipinski definition) is 4. The zero-order chi connectivity index (χ0) is 28.3. The summed E-state index contributed by atoms with van der Waals surface area (Å²) < 4.78 is 5.86. The second-order valence-corrected chi connectivity index (χ2v) is 9.17. The highest BCUT2D eigenvalue weighted by Gasteiger charge is 2.07. The molecule has 0 heterocycles. The standard InChI is InChI=1S/C32H29N5O3/c33-17-22-9-11-28(12-10-22)31(38)36-18-23-1-5-25(6-2-23)20-40-21-26-7-3-24(4-8-26)19-37-32(39)29-15-13-27(14-16-29)30(34)35/h1-16H,18-21H2,(H3,34,35)(H,36,38)(H,37,39). The first-order valence-corrected chi connectivity index (χ1v) is 12.7. The Morgan fingerprint density at radius 3 is 1.43 bits per heavy atom. The molecule has 40 heavy (non-hydrogen) atoms. The van der Waals surface area contributed by atoms with Gasteiger partial charge in [0.2, 0.25) is 0 Å². The Kier molecular flexibility index (Phi) is 9.38. The number of carbonyl (C=O) groups is 2. The van der Waals surface area contributed by atoms with E-state index in [0.29, 0.717) is 48.6 Å². The summed E-state index contributed by atoms with van der Waals surface area (Å²) in [7, 11) is 0. The molecule has 0 aromatic heterocycles. The number of benzene rings is 4. The molecule has 2 amide bonds. The molecule has 0 unspecified atom stereocenters. The average Bonchev–Trinajstić information content (AvgIpc) is 3.00. The molecule has 0 aliphatic carbocycles. The minimum Gasteiger partial charge on any atom is -0.384 e. The molecule has 0 saturated heterocycles. The Labute approximate surface area is 232 Å². The monoisotopic (exact) mass is 531 g/mol. The molecule has 0 saturated carbocycles. The molecule has 0 radical (unpaired) electrons. The van der Waals surface area contributed by atoms with Crippen LogP contribution in [0.2, 0.25) is 0 Å². The Morgan fingerprint density at radius 1 is 0.650 bits per heavy atom. The molecule has 8 heteroatoms. The van der Waals surface area contributed by atoms with Gasteiger partial charge in [-0.3, -0.25) is 15.0 Å². The third-order valence-corrected chi connectivity index (χ3v) is 6.22. The largest absolute Gasteiger partial charge is 0.384 e. The highest BCUT2D eigenvalue weighted by molar-refractivity contribution is 5.98. The number of amides is 2. The van der Waals surface area contributed by atoms with Gasteiger partial charge in [-0.25, -0.2) is 0 Å². The number of ether oxygens (including phenoxy) is 1. The summed E-state index contributed by atoms with van der Waals surface area (Å²) in [4.78, 5) is 24.7. The summed E-state index contributed by atoms with van der Waals surface area (Å²) >= 11 is 0. The molecule has 0 fully saturated rings. The fourth-order valence-corrected chi connectivity index (χ4v) is 3.86. The number of nitrogens with zero attached hydrogens (tertiary/aromatic N) is 1. The van der Waals surface area contributed by atoms with Gasteiger partial charge in [-0.05, 0) is 58.7 Å². The van der Waals surface area contributed by atoms with Crippen LogP contribution in [0.5, 0.6) is 0 Å². The normalized spacial score (nSPS) is 10.4. The molecular weight excluding hydrogens is 502 g/mol. The highest BCUT2D eigenvalue weighted by atomic mass is 16.5. The zero-order valence-electron chi connectivity index (χ0n) is 21.8. The fraction of sp³-hybridized carbons (Fsp3) is 0.125. The first-order chi connectivity index (χ1) is 19.4. The minimum absolute atomic E-state index is 0.0336. The van der Waals surface area contributed by atoms with Crippen molar-refractivity contribution >= 4 is 17.6 Å². The summed E-state index contributed by atoms with van der Waals surface area (Å²) in [6.45, 7) is 1.71. The maximum Gasteiger partial charge on any atom is 0.251 e. The SMILES string of the molecule is N#Cc1ccc(C(=O)NCc2ccc(COCc3ccc(CNC(=O)c4ccc(C(=N)N)cc4)cc3)cc2)cc1. The van der Waals surface area contributed by atoms with Gasteiger partial charge < -0.3 is 21.1 Å². The van der Waals surface area contributed by atoms with Crippen LogP contribution in [0, 0.1) is 16.7 Å². The quantitative estimate of drug-likeness (QED) is 0.167. The van der Waals surface area contributed by atoms with E-state index < -0.39 is 0 Å². The van der Waals surface area contributed by atoms with Crippen LogP contribution in [0.1, 0.15) is 54.1 Å². The third-order valence-electron chi connectivity index (χ3n) is 6.22. The summed E-state index contributed by atoms with van der Waals surface area (Å²) in [5.74, 6) is -0.415.